The van der Waals surface area contributed by atoms with Crippen molar-refractivity contribution in [3.05, 3.63) is 34.9 Å². The van der Waals surface area contributed by atoms with Crippen LogP contribution in [0.25, 0.3) is 0 Å². The van der Waals surface area contributed by atoms with Crippen LogP contribution in [0.1, 0.15) is 177 Å². The van der Waals surface area contributed by atoms with Gasteiger partial charge in [0.2, 0.25) is 0 Å². The minimum absolute atomic E-state index is 0.0213. The molecule has 0 aromatic carbocycles. The maximum absolute atomic E-state index is 14.3. The van der Waals surface area contributed by atoms with Crippen LogP contribution in [-0.2, 0) is 47.2 Å². The molecule has 0 saturated carbocycles. The van der Waals surface area contributed by atoms with E-state index in [2.05, 4.69) is 20.8 Å². The van der Waals surface area contributed by atoms with E-state index in [1.807, 2.05) is 34.6 Å². The minimum atomic E-state index is -5.33. The third-order valence-corrected chi connectivity index (χ3v) is 25.2. The quantitative estimate of drug-likeness (QED) is 0.0540. The van der Waals surface area contributed by atoms with Crippen LogP contribution in [0.15, 0.2) is 34.9 Å². The number of hydrogen-bond acceptors (Lipinski definition) is 12. The Morgan fingerprint density at radius 1 is 0.569 bits per heavy atom. The zero-order chi connectivity index (χ0) is 43.1. The summed E-state index contributed by atoms with van der Waals surface area (Å²) in [4.78, 5) is 82.1. The van der Waals surface area contributed by atoms with Gasteiger partial charge in [0.15, 0.2) is 0 Å². The molecule has 2 rings (SSSR count). The first kappa shape index (κ1) is 51.8. The summed E-state index contributed by atoms with van der Waals surface area (Å²) in [6, 6.07) is 0. The van der Waals surface area contributed by atoms with Crippen molar-refractivity contribution in [1.29, 1.82) is 0 Å². The summed E-state index contributed by atoms with van der Waals surface area (Å²) >= 11 is -10.6. The van der Waals surface area contributed by atoms with E-state index in [-0.39, 0.29) is 49.8 Å². The Labute approximate surface area is 359 Å². The summed E-state index contributed by atoms with van der Waals surface area (Å²) < 4.78 is 35.8. The van der Waals surface area contributed by atoms with E-state index in [4.69, 9.17) is 18.4 Å². The predicted molar refractivity (Wildman–Crippen MR) is 226 cm³/mol. The Morgan fingerprint density at radius 3 is 1.36 bits per heavy atom. The van der Waals surface area contributed by atoms with Crippen LogP contribution in [0, 0.1) is 17.8 Å². The first-order valence-electron chi connectivity index (χ1n) is 22.3. The Hall–Kier alpha value is -2.36. The molecule has 0 N–H and O–H groups in total. The zero-order valence-corrected chi connectivity index (χ0v) is 42.4. The first-order valence-corrected chi connectivity index (χ1v) is 33.3. The van der Waals surface area contributed by atoms with E-state index in [0.29, 0.717) is 44.9 Å². The van der Waals surface area contributed by atoms with Crippen molar-refractivity contribution >= 4 is 75.1 Å². The fourth-order valence-electron chi connectivity index (χ4n) is 7.18. The molecule has 5 unspecified atom stereocenters. The summed E-state index contributed by atoms with van der Waals surface area (Å²) in [5.74, 6) is -4.63. The third kappa shape index (κ3) is 17.7. The van der Waals surface area contributed by atoms with E-state index in [9.17, 15) is 28.8 Å². The molecule has 0 bridgehead atoms. The molecule has 2 aliphatic rings. The van der Waals surface area contributed by atoms with E-state index in [0.717, 1.165) is 76.7 Å². The molecule has 0 saturated heterocycles. The molecular formula is C44H72O12Sn2. The van der Waals surface area contributed by atoms with Crippen molar-refractivity contribution in [1.82, 2.24) is 0 Å². The van der Waals surface area contributed by atoms with Crippen molar-refractivity contribution in [2.75, 3.05) is 0 Å². The van der Waals surface area contributed by atoms with Gasteiger partial charge in [-0.05, 0) is 0 Å². The van der Waals surface area contributed by atoms with Crippen LogP contribution in [0.4, 0.5) is 0 Å². The maximum atomic E-state index is 14.3. The van der Waals surface area contributed by atoms with Crippen LogP contribution in [-0.4, -0.2) is 75.1 Å². The van der Waals surface area contributed by atoms with Gasteiger partial charge in [0.05, 0.1) is 0 Å². The topological polar surface area (TPSA) is 158 Å². The van der Waals surface area contributed by atoms with Crippen LogP contribution >= 0.6 is 0 Å². The SMILES string of the molecule is CCCCC(CC)CC1=CC(=O)[O][Sn]([CH2]CCC)([O]C(=O)/C=C(/CC(CC)CCCC)C(=O)[O][Sn]2([CH2]CCC)[O]C(=O)C=C(CC(CC)CCCC)C(=O)[O]2)[O]C1=O. The predicted octanol–water partition coefficient (Wildman–Crippen LogP) is 10.3. The van der Waals surface area contributed by atoms with E-state index >= 15 is 0 Å². The van der Waals surface area contributed by atoms with Gasteiger partial charge in [0.25, 0.3) is 0 Å². The van der Waals surface area contributed by atoms with Crippen molar-refractivity contribution in [2.45, 2.75) is 186 Å². The molecule has 12 nitrogen and oxygen atoms in total. The van der Waals surface area contributed by atoms with Gasteiger partial charge in [-0.25, -0.2) is 0 Å². The molecule has 0 fully saturated rings. The Bertz CT molecular complexity index is 1470. The molecule has 0 amide bonds. The molecule has 0 aliphatic carbocycles. The molecule has 58 heavy (non-hydrogen) atoms. The number of rotatable bonds is 28. The zero-order valence-electron chi connectivity index (χ0n) is 36.7. The molecule has 2 aliphatic heterocycles. The van der Waals surface area contributed by atoms with Crippen molar-refractivity contribution in [2.24, 2.45) is 17.8 Å². The van der Waals surface area contributed by atoms with Gasteiger partial charge in [-0.1, -0.05) is 0 Å². The van der Waals surface area contributed by atoms with E-state index in [1.54, 1.807) is 0 Å². The van der Waals surface area contributed by atoms with Gasteiger partial charge in [-0.2, -0.15) is 0 Å². The number of carbonyl (C=O) groups is 6. The van der Waals surface area contributed by atoms with Gasteiger partial charge in [0, 0.05) is 0 Å². The van der Waals surface area contributed by atoms with Gasteiger partial charge >= 0.3 is 361 Å². The van der Waals surface area contributed by atoms with Crippen LogP contribution in [0.3, 0.4) is 0 Å². The van der Waals surface area contributed by atoms with Gasteiger partial charge in [0.1, 0.15) is 0 Å². The Kier molecular flexibility index (Phi) is 24.5. The molecule has 0 spiro atoms. The van der Waals surface area contributed by atoms with Gasteiger partial charge < -0.3 is 0 Å². The molecule has 328 valence electrons. The number of unbranched alkanes of at least 4 members (excludes halogenated alkanes) is 5. The number of hydrogen-bond donors (Lipinski definition) is 0. The monoisotopic (exact) mass is 1030 g/mol. The van der Waals surface area contributed by atoms with Crippen LogP contribution in [0.2, 0.25) is 8.87 Å². The summed E-state index contributed by atoms with van der Waals surface area (Å²) in [7, 11) is 0. The second kappa shape index (κ2) is 27.5. The standard InChI is InChI=1S/3C12H20O4.2C4H9.2Sn/c3*1-3-5-6-9(4-2)7-10(12(15)16)8-11(13)14;2*1-3-4-2;;/h3*8-9H,3-7H2,1-2H3,(H,13,14)(H,15,16);2*1,3-4H2,2H3;;/q;;;;;2*+3/p-6/b10-8-;;;;;;. The summed E-state index contributed by atoms with van der Waals surface area (Å²) in [6.07, 6.45) is 17.1. The molecular weight excluding hydrogens is 958 g/mol. The molecule has 2 heterocycles. The first-order chi connectivity index (χ1) is 27.7. The Balaban J connectivity index is 2.51. The average Bonchev–Trinajstić information content (AvgIpc) is 3.38. The van der Waals surface area contributed by atoms with Crippen LogP contribution < -0.4 is 0 Å². The van der Waals surface area contributed by atoms with E-state index in [1.165, 1.54) is 12.2 Å². The molecule has 0 aromatic heterocycles. The fraction of sp³-hybridized carbons (Fsp3) is 0.727. The molecule has 14 heteroatoms. The number of carbonyl (C=O) groups excluding carboxylic acids is 6. The van der Waals surface area contributed by atoms with Crippen LogP contribution in [0.5, 0.6) is 0 Å². The van der Waals surface area contributed by atoms with Gasteiger partial charge in [-0.15, -0.1) is 0 Å². The van der Waals surface area contributed by atoms with Crippen molar-refractivity contribution < 1.29 is 47.2 Å². The second-order valence-corrected chi connectivity index (χ2v) is 30.0. The van der Waals surface area contributed by atoms with Crippen molar-refractivity contribution in [3.8, 4) is 0 Å². The fourth-order valence-corrected chi connectivity index (χ4v) is 20.8. The van der Waals surface area contributed by atoms with Gasteiger partial charge in [-0.3, -0.25) is 0 Å². The Morgan fingerprint density at radius 2 is 0.966 bits per heavy atom. The van der Waals surface area contributed by atoms with E-state index < -0.39 is 75.1 Å². The molecule has 0 aromatic rings. The second-order valence-electron chi connectivity index (χ2n) is 15.9. The summed E-state index contributed by atoms with van der Waals surface area (Å²) in [5.41, 5.74) is 0.339. The average molecular weight is 1030 g/mol. The molecule has 5 atom stereocenters. The third-order valence-electron chi connectivity index (χ3n) is 11.0. The normalized spacial score (nSPS) is 21.6. The summed E-state index contributed by atoms with van der Waals surface area (Å²) in [6.45, 7) is 16.2. The summed E-state index contributed by atoms with van der Waals surface area (Å²) in [5, 5.41) is 0. The van der Waals surface area contributed by atoms with Crippen molar-refractivity contribution in [3.63, 3.8) is 0 Å². The molecule has 0 radical (unpaired) electrons.